The maximum absolute atomic E-state index is 13.3. The van der Waals surface area contributed by atoms with E-state index in [0.717, 1.165) is 23.5 Å². The SMILES string of the molecule is COC(=O)[C@H](Cc1ccc(OCC2CCCCC2)cc1)NC(=O)[C@@H](NC(=O)Cc1ccccc1)C(C)(C)C. The van der Waals surface area contributed by atoms with Crippen molar-refractivity contribution in [2.75, 3.05) is 13.7 Å². The number of benzene rings is 2. The number of methoxy groups -OCH3 is 1. The second-order valence-corrected chi connectivity index (χ2v) is 11.3. The van der Waals surface area contributed by atoms with E-state index in [4.69, 9.17) is 9.47 Å². The average Bonchev–Trinajstić information content (AvgIpc) is 2.91. The van der Waals surface area contributed by atoms with E-state index in [2.05, 4.69) is 10.6 Å². The number of nitrogens with one attached hydrogen (secondary N) is 2. The minimum absolute atomic E-state index is 0.163. The van der Waals surface area contributed by atoms with Gasteiger partial charge in [-0.2, -0.15) is 0 Å². The molecule has 2 atom stereocenters. The maximum atomic E-state index is 13.3. The lowest BCUT2D eigenvalue weighted by molar-refractivity contribution is -0.145. The van der Waals surface area contributed by atoms with Gasteiger partial charge in [0.05, 0.1) is 20.1 Å². The second-order valence-electron chi connectivity index (χ2n) is 11.3. The largest absolute Gasteiger partial charge is 0.493 e. The summed E-state index contributed by atoms with van der Waals surface area (Å²) < 4.78 is 11.0. The van der Waals surface area contributed by atoms with Crippen LogP contribution in [0.25, 0.3) is 0 Å². The first kappa shape index (κ1) is 29.2. The summed E-state index contributed by atoms with van der Waals surface area (Å²) in [5, 5.41) is 5.68. The van der Waals surface area contributed by atoms with Gasteiger partial charge in [-0.25, -0.2) is 4.79 Å². The van der Waals surface area contributed by atoms with Crippen molar-refractivity contribution in [1.29, 1.82) is 0 Å². The van der Waals surface area contributed by atoms with Gasteiger partial charge in [0.1, 0.15) is 17.8 Å². The molecule has 3 rings (SSSR count). The molecule has 0 aliphatic heterocycles. The van der Waals surface area contributed by atoms with Gasteiger partial charge in [0.2, 0.25) is 11.8 Å². The van der Waals surface area contributed by atoms with E-state index in [-0.39, 0.29) is 18.7 Å². The van der Waals surface area contributed by atoms with Crippen LogP contribution in [0.5, 0.6) is 5.75 Å². The highest BCUT2D eigenvalue weighted by atomic mass is 16.5. The second kappa shape index (κ2) is 14.0. The summed E-state index contributed by atoms with van der Waals surface area (Å²) in [6.45, 7) is 6.35. The highest BCUT2D eigenvalue weighted by Gasteiger charge is 2.35. The number of ether oxygens (including phenoxy) is 2. The van der Waals surface area contributed by atoms with Crippen LogP contribution in [0.1, 0.15) is 64.0 Å². The number of hydrogen-bond donors (Lipinski definition) is 2. The molecule has 0 saturated heterocycles. The van der Waals surface area contributed by atoms with Gasteiger partial charge in [-0.3, -0.25) is 9.59 Å². The third-order valence-electron chi connectivity index (χ3n) is 7.02. The van der Waals surface area contributed by atoms with E-state index in [0.29, 0.717) is 5.92 Å². The fourth-order valence-electron chi connectivity index (χ4n) is 4.78. The number of hydrogen-bond acceptors (Lipinski definition) is 5. The molecule has 206 valence electrons. The van der Waals surface area contributed by atoms with Gasteiger partial charge < -0.3 is 20.1 Å². The number of carbonyl (C=O) groups is 3. The monoisotopic (exact) mass is 522 g/mol. The summed E-state index contributed by atoms with van der Waals surface area (Å²) in [6.07, 6.45) is 6.74. The summed E-state index contributed by atoms with van der Waals surface area (Å²) in [5.41, 5.74) is 1.15. The van der Waals surface area contributed by atoms with Gasteiger partial charge >= 0.3 is 5.97 Å². The summed E-state index contributed by atoms with van der Waals surface area (Å²) in [7, 11) is 1.30. The molecule has 2 N–H and O–H groups in total. The number of rotatable bonds is 11. The molecule has 2 aromatic carbocycles. The fourth-order valence-corrected chi connectivity index (χ4v) is 4.78. The lowest BCUT2D eigenvalue weighted by Gasteiger charge is -2.31. The fraction of sp³-hybridized carbons (Fsp3) is 0.516. The van der Waals surface area contributed by atoms with Crippen molar-refractivity contribution in [3.05, 3.63) is 65.7 Å². The molecule has 0 radical (unpaired) electrons. The van der Waals surface area contributed by atoms with Crippen molar-refractivity contribution >= 4 is 17.8 Å². The lowest BCUT2D eigenvalue weighted by Crippen LogP contribution is -2.57. The third-order valence-corrected chi connectivity index (χ3v) is 7.02. The molecule has 0 bridgehead atoms. The Labute approximate surface area is 226 Å². The van der Waals surface area contributed by atoms with Crippen molar-refractivity contribution in [2.45, 2.75) is 77.8 Å². The predicted molar refractivity (Wildman–Crippen MR) is 148 cm³/mol. The summed E-state index contributed by atoms with van der Waals surface area (Å²) in [5.74, 6) is 0.184. The van der Waals surface area contributed by atoms with Crippen LogP contribution in [0.4, 0.5) is 0 Å². The molecule has 38 heavy (non-hydrogen) atoms. The maximum Gasteiger partial charge on any atom is 0.328 e. The summed E-state index contributed by atoms with van der Waals surface area (Å²) in [6, 6.07) is 15.2. The van der Waals surface area contributed by atoms with Crippen LogP contribution in [0, 0.1) is 11.3 Å². The number of esters is 1. The molecule has 2 amide bonds. The molecule has 1 fully saturated rings. The van der Waals surface area contributed by atoms with Gasteiger partial charge in [-0.05, 0) is 47.4 Å². The van der Waals surface area contributed by atoms with Crippen molar-refractivity contribution in [2.24, 2.45) is 11.3 Å². The van der Waals surface area contributed by atoms with Crippen LogP contribution in [0.3, 0.4) is 0 Å². The Bertz CT molecular complexity index is 1040. The molecule has 0 heterocycles. The molecule has 7 heteroatoms. The average molecular weight is 523 g/mol. The topological polar surface area (TPSA) is 93.7 Å². The Hall–Kier alpha value is -3.35. The first-order valence-electron chi connectivity index (χ1n) is 13.6. The van der Waals surface area contributed by atoms with Crippen molar-refractivity contribution in [3.8, 4) is 5.75 Å². The Morgan fingerprint density at radius 2 is 1.55 bits per heavy atom. The van der Waals surface area contributed by atoms with Crippen LogP contribution >= 0.6 is 0 Å². The van der Waals surface area contributed by atoms with Gasteiger partial charge in [0, 0.05) is 6.42 Å². The zero-order chi connectivity index (χ0) is 27.5. The van der Waals surface area contributed by atoms with E-state index in [1.165, 1.54) is 39.2 Å². The standard InChI is InChI=1S/C31H42N2O5/c1-31(2,3)28(33-27(34)20-22-11-7-5-8-12-22)29(35)32-26(30(36)37-4)19-23-15-17-25(18-16-23)38-21-24-13-9-6-10-14-24/h5,7-8,11-12,15-18,24,26,28H,6,9-10,13-14,19-21H2,1-4H3,(H,32,35)(H,33,34)/t26-,28+/m0/s1. The van der Waals surface area contributed by atoms with Crippen molar-refractivity contribution in [3.63, 3.8) is 0 Å². The van der Waals surface area contributed by atoms with Crippen LogP contribution in [0.2, 0.25) is 0 Å². The van der Waals surface area contributed by atoms with E-state index >= 15 is 0 Å². The highest BCUT2D eigenvalue weighted by molar-refractivity contribution is 5.91. The number of carbonyl (C=O) groups excluding carboxylic acids is 3. The third kappa shape index (κ3) is 9.19. The quantitative estimate of drug-likeness (QED) is 0.420. The van der Waals surface area contributed by atoms with E-state index < -0.39 is 29.4 Å². The highest BCUT2D eigenvalue weighted by Crippen LogP contribution is 2.25. The molecule has 1 aliphatic carbocycles. The Morgan fingerprint density at radius 3 is 2.16 bits per heavy atom. The van der Waals surface area contributed by atoms with Gasteiger partial charge in [-0.1, -0.05) is 82.5 Å². The molecule has 0 unspecified atom stereocenters. The molecule has 1 saturated carbocycles. The molecule has 1 aliphatic rings. The van der Waals surface area contributed by atoms with Gasteiger partial charge in [0.25, 0.3) is 0 Å². The first-order chi connectivity index (χ1) is 18.2. The molecule has 0 aromatic heterocycles. The van der Waals surface area contributed by atoms with Crippen LogP contribution < -0.4 is 15.4 Å². The van der Waals surface area contributed by atoms with Gasteiger partial charge in [-0.15, -0.1) is 0 Å². The molecular formula is C31H42N2O5. The zero-order valence-electron chi connectivity index (χ0n) is 23.1. The van der Waals surface area contributed by atoms with Crippen LogP contribution in [-0.4, -0.2) is 43.6 Å². The summed E-state index contributed by atoms with van der Waals surface area (Å²) >= 11 is 0. The molecule has 2 aromatic rings. The smallest absolute Gasteiger partial charge is 0.328 e. The molecule has 0 spiro atoms. The van der Waals surface area contributed by atoms with Crippen molar-refractivity contribution in [1.82, 2.24) is 10.6 Å². The van der Waals surface area contributed by atoms with Crippen LogP contribution in [-0.2, 0) is 32.0 Å². The Kier molecular flexibility index (Phi) is 10.7. The molecule has 7 nitrogen and oxygen atoms in total. The van der Waals surface area contributed by atoms with E-state index in [9.17, 15) is 14.4 Å². The van der Waals surface area contributed by atoms with Crippen molar-refractivity contribution < 1.29 is 23.9 Å². The minimum Gasteiger partial charge on any atom is -0.493 e. The predicted octanol–water partition coefficient (Wildman–Crippen LogP) is 4.62. The summed E-state index contributed by atoms with van der Waals surface area (Å²) in [4.78, 5) is 38.7. The normalized spacial score (nSPS) is 15.7. The molecular weight excluding hydrogens is 480 g/mol. The van der Waals surface area contributed by atoms with Crippen LogP contribution in [0.15, 0.2) is 54.6 Å². The lowest BCUT2D eigenvalue weighted by atomic mass is 9.85. The Morgan fingerprint density at radius 1 is 0.895 bits per heavy atom. The van der Waals surface area contributed by atoms with E-state index in [1.54, 1.807) is 0 Å². The first-order valence-corrected chi connectivity index (χ1v) is 13.6. The number of amides is 2. The Balaban J connectivity index is 1.61. The zero-order valence-corrected chi connectivity index (χ0v) is 23.1. The minimum atomic E-state index is -0.891. The van der Waals surface area contributed by atoms with E-state index in [1.807, 2.05) is 75.4 Å². The van der Waals surface area contributed by atoms with Gasteiger partial charge in [0.15, 0.2) is 0 Å².